The third kappa shape index (κ3) is 8.27. The maximum Gasteiger partial charge on any atom is 0.253 e. The van der Waals surface area contributed by atoms with Crippen molar-refractivity contribution in [3.63, 3.8) is 0 Å². The van der Waals surface area contributed by atoms with Crippen LogP contribution in [-0.2, 0) is 9.53 Å². The zero-order chi connectivity index (χ0) is 19.4. The molecule has 1 N–H and O–H groups in total. The smallest absolute Gasteiger partial charge is 0.253 e. The second-order valence-electron chi connectivity index (χ2n) is 6.09. The normalized spacial score (nSPS) is 11.1. The van der Waals surface area contributed by atoms with Crippen molar-refractivity contribution in [1.82, 2.24) is 15.1 Å². The molecule has 0 heterocycles. The molecule has 0 saturated heterocycles. The van der Waals surface area contributed by atoms with Gasteiger partial charge < -0.3 is 19.9 Å². The van der Waals surface area contributed by atoms with Crippen LogP contribution in [0.5, 0.6) is 0 Å². The fourth-order valence-corrected chi connectivity index (χ4v) is 2.31. The minimum atomic E-state index is -0.161. The average molecular weight is 361 g/mol. The number of amides is 2. The lowest BCUT2D eigenvalue weighted by molar-refractivity contribution is -0.116. The van der Waals surface area contributed by atoms with E-state index in [9.17, 15) is 9.59 Å². The minimum Gasteiger partial charge on any atom is -0.378 e. The van der Waals surface area contributed by atoms with E-state index in [1.165, 1.54) is 11.0 Å². The molecular weight excluding hydrogens is 330 g/mol. The fourth-order valence-electron chi connectivity index (χ4n) is 2.31. The summed E-state index contributed by atoms with van der Waals surface area (Å²) in [6, 6.07) is 7.14. The van der Waals surface area contributed by atoms with Gasteiger partial charge in [0.15, 0.2) is 0 Å². The SMILES string of the molecule is CCN(CC)CCOCCNC(=O)/C=C/c1ccc(C(=O)N(C)C)cc1. The highest BCUT2D eigenvalue weighted by Gasteiger charge is 2.06. The Morgan fingerprint density at radius 2 is 1.73 bits per heavy atom. The average Bonchev–Trinajstić information content (AvgIpc) is 2.65. The van der Waals surface area contributed by atoms with E-state index in [2.05, 4.69) is 24.1 Å². The maximum absolute atomic E-state index is 11.8. The highest BCUT2D eigenvalue weighted by Crippen LogP contribution is 2.07. The first-order chi connectivity index (χ1) is 12.5. The van der Waals surface area contributed by atoms with Gasteiger partial charge in [0, 0.05) is 38.8 Å². The molecule has 2 amide bonds. The Balaban J connectivity index is 2.27. The zero-order valence-electron chi connectivity index (χ0n) is 16.3. The molecule has 0 aliphatic heterocycles. The molecule has 26 heavy (non-hydrogen) atoms. The van der Waals surface area contributed by atoms with Gasteiger partial charge in [0.2, 0.25) is 5.91 Å². The molecule has 6 nitrogen and oxygen atoms in total. The van der Waals surface area contributed by atoms with E-state index in [1.54, 1.807) is 32.3 Å². The topological polar surface area (TPSA) is 61.9 Å². The molecule has 0 atom stereocenters. The molecule has 0 bridgehead atoms. The fraction of sp³-hybridized carbons (Fsp3) is 0.500. The van der Waals surface area contributed by atoms with Gasteiger partial charge >= 0.3 is 0 Å². The molecule has 1 rings (SSSR count). The van der Waals surface area contributed by atoms with Crippen molar-refractivity contribution in [3.8, 4) is 0 Å². The van der Waals surface area contributed by atoms with Gasteiger partial charge in [0.05, 0.1) is 13.2 Å². The standard InChI is InChI=1S/C20H31N3O3/c1-5-23(6-2)14-16-26-15-13-21-19(24)12-9-17-7-10-18(11-8-17)20(25)22(3)4/h7-12H,5-6,13-16H2,1-4H3,(H,21,24)/b12-9+. The summed E-state index contributed by atoms with van der Waals surface area (Å²) in [6.07, 6.45) is 3.21. The number of ether oxygens (including phenoxy) is 1. The van der Waals surface area contributed by atoms with Gasteiger partial charge in [-0.2, -0.15) is 0 Å². The van der Waals surface area contributed by atoms with Crippen LogP contribution in [0, 0.1) is 0 Å². The Morgan fingerprint density at radius 3 is 2.31 bits per heavy atom. The molecule has 1 aromatic carbocycles. The molecule has 0 aliphatic carbocycles. The summed E-state index contributed by atoms with van der Waals surface area (Å²) >= 11 is 0. The number of benzene rings is 1. The van der Waals surface area contributed by atoms with E-state index in [4.69, 9.17) is 4.74 Å². The molecule has 144 valence electrons. The molecule has 0 radical (unpaired) electrons. The third-order valence-electron chi connectivity index (χ3n) is 3.98. The van der Waals surface area contributed by atoms with E-state index in [-0.39, 0.29) is 11.8 Å². The van der Waals surface area contributed by atoms with Crippen LogP contribution in [0.15, 0.2) is 30.3 Å². The van der Waals surface area contributed by atoms with Crippen LogP contribution in [0.2, 0.25) is 0 Å². The zero-order valence-corrected chi connectivity index (χ0v) is 16.3. The molecule has 0 unspecified atom stereocenters. The van der Waals surface area contributed by atoms with Crippen molar-refractivity contribution in [3.05, 3.63) is 41.5 Å². The van der Waals surface area contributed by atoms with Crippen molar-refractivity contribution in [2.75, 3.05) is 53.5 Å². The van der Waals surface area contributed by atoms with Crippen LogP contribution in [0.25, 0.3) is 6.08 Å². The third-order valence-corrected chi connectivity index (χ3v) is 3.98. The minimum absolute atomic E-state index is 0.0423. The molecule has 0 spiro atoms. The number of rotatable bonds is 11. The summed E-state index contributed by atoms with van der Waals surface area (Å²) in [7, 11) is 3.43. The van der Waals surface area contributed by atoms with Gasteiger partial charge in [-0.1, -0.05) is 26.0 Å². The Labute approximate surface area is 156 Å². The van der Waals surface area contributed by atoms with Crippen molar-refractivity contribution >= 4 is 17.9 Å². The highest BCUT2D eigenvalue weighted by molar-refractivity contribution is 5.94. The lowest BCUT2D eigenvalue weighted by Gasteiger charge is -2.17. The number of likely N-dealkylation sites (N-methyl/N-ethyl adjacent to an activating group) is 1. The first-order valence-corrected chi connectivity index (χ1v) is 9.05. The first kappa shape index (κ1) is 21.9. The quantitative estimate of drug-likeness (QED) is 0.483. The Bertz CT molecular complexity index is 578. The van der Waals surface area contributed by atoms with Gasteiger partial charge in [0.1, 0.15) is 0 Å². The summed E-state index contributed by atoms with van der Waals surface area (Å²) in [5, 5.41) is 2.79. The van der Waals surface area contributed by atoms with E-state index < -0.39 is 0 Å². The van der Waals surface area contributed by atoms with Gasteiger partial charge in [-0.05, 0) is 36.9 Å². The second kappa shape index (κ2) is 12.2. The highest BCUT2D eigenvalue weighted by atomic mass is 16.5. The van der Waals surface area contributed by atoms with Crippen molar-refractivity contribution in [2.24, 2.45) is 0 Å². The number of carbonyl (C=O) groups is 2. The summed E-state index contributed by atoms with van der Waals surface area (Å²) in [6.45, 7) is 8.86. The molecule has 0 aromatic heterocycles. The summed E-state index contributed by atoms with van der Waals surface area (Å²) in [4.78, 5) is 27.4. The Hall–Kier alpha value is -2.18. The van der Waals surface area contributed by atoms with E-state index in [1.807, 2.05) is 12.1 Å². The van der Waals surface area contributed by atoms with Crippen LogP contribution >= 0.6 is 0 Å². The number of nitrogens with one attached hydrogen (secondary N) is 1. The van der Waals surface area contributed by atoms with Gasteiger partial charge in [-0.3, -0.25) is 9.59 Å². The van der Waals surface area contributed by atoms with Crippen LogP contribution in [0.4, 0.5) is 0 Å². The second-order valence-corrected chi connectivity index (χ2v) is 6.09. The van der Waals surface area contributed by atoms with Crippen molar-refractivity contribution in [1.29, 1.82) is 0 Å². The summed E-state index contributed by atoms with van der Waals surface area (Å²) < 4.78 is 5.52. The largest absolute Gasteiger partial charge is 0.378 e. The van der Waals surface area contributed by atoms with Crippen LogP contribution < -0.4 is 5.32 Å². The number of hydrogen-bond donors (Lipinski definition) is 1. The molecule has 6 heteroatoms. The molecule has 0 aliphatic rings. The van der Waals surface area contributed by atoms with E-state index in [0.29, 0.717) is 25.3 Å². The number of hydrogen-bond acceptors (Lipinski definition) is 4. The number of nitrogens with zero attached hydrogens (tertiary/aromatic N) is 2. The number of carbonyl (C=O) groups excluding carboxylic acids is 2. The summed E-state index contributed by atoms with van der Waals surface area (Å²) in [5.41, 5.74) is 1.49. The molecule has 1 aromatic rings. The lowest BCUT2D eigenvalue weighted by Crippen LogP contribution is -2.29. The van der Waals surface area contributed by atoms with E-state index >= 15 is 0 Å². The molecule has 0 fully saturated rings. The lowest BCUT2D eigenvalue weighted by atomic mass is 10.1. The van der Waals surface area contributed by atoms with Gasteiger partial charge in [0.25, 0.3) is 5.91 Å². The Morgan fingerprint density at radius 1 is 1.08 bits per heavy atom. The predicted octanol–water partition coefficient (Wildman–Crippen LogP) is 1.88. The summed E-state index contributed by atoms with van der Waals surface area (Å²) in [5.74, 6) is -0.204. The Kier molecular flexibility index (Phi) is 10.3. The van der Waals surface area contributed by atoms with Crippen molar-refractivity contribution < 1.29 is 14.3 Å². The maximum atomic E-state index is 11.8. The van der Waals surface area contributed by atoms with Crippen LogP contribution in [0.1, 0.15) is 29.8 Å². The van der Waals surface area contributed by atoms with Crippen molar-refractivity contribution in [2.45, 2.75) is 13.8 Å². The molecule has 0 saturated carbocycles. The van der Waals surface area contributed by atoms with Gasteiger partial charge in [-0.15, -0.1) is 0 Å². The predicted molar refractivity (Wildman–Crippen MR) is 105 cm³/mol. The van der Waals surface area contributed by atoms with Crippen LogP contribution in [-0.4, -0.2) is 75.1 Å². The molecular formula is C20H31N3O3. The van der Waals surface area contributed by atoms with Gasteiger partial charge in [-0.25, -0.2) is 0 Å². The first-order valence-electron chi connectivity index (χ1n) is 9.05. The monoisotopic (exact) mass is 361 g/mol. The van der Waals surface area contributed by atoms with Crippen LogP contribution in [0.3, 0.4) is 0 Å². The van der Waals surface area contributed by atoms with E-state index in [0.717, 1.165) is 25.2 Å².